The molecule has 358 valence electrons. The summed E-state index contributed by atoms with van der Waals surface area (Å²) < 4.78 is 11.8. The Bertz CT molecular complexity index is 2300. The minimum atomic E-state index is -0.627. The molecule has 67 heavy (non-hydrogen) atoms. The highest BCUT2D eigenvalue weighted by Gasteiger charge is 2.26. The Labute approximate surface area is 396 Å². The number of hydrogen-bond donors (Lipinski definition) is 3. The molecular formula is C57H70O10. The lowest BCUT2D eigenvalue weighted by Gasteiger charge is -2.22. The van der Waals surface area contributed by atoms with Gasteiger partial charge >= 0.3 is 5.97 Å². The van der Waals surface area contributed by atoms with Gasteiger partial charge in [0.05, 0.1) is 0 Å². The van der Waals surface area contributed by atoms with Crippen LogP contribution in [0.1, 0.15) is 216 Å². The van der Waals surface area contributed by atoms with Crippen LogP contribution < -0.4 is 4.74 Å². The molecule has 5 rings (SSSR count). The van der Waals surface area contributed by atoms with Crippen molar-refractivity contribution in [2.75, 3.05) is 13.2 Å². The fourth-order valence-corrected chi connectivity index (χ4v) is 8.82. The van der Waals surface area contributed by atoms with Gasteiger partial charge in [-0.3, -0.25) is 19.2 Å². The van der Waals surface area contributed by atoms with Crippen LogP contribution in [0.2, 0.25) is 0 Å². The van der Waals surface area contributed by atoms with E-state index in [9.17, 15) is 39.3 Å². The van der Waals surface area contributed by atoms with Crippen LogP contribution >= 0.6 is 0 Å². The van der Waals surface area contributed by atoms with Crippen molar-refractivity contribution in [2.45, 2.75) is 156 Å². The predicted octanol–water partition coefficient (Wildman–Crippen LogP) is 12.6. The molecule has 4 aromatic carbocycles. The number of carbonyl (C=O) groups excluding carboxylic acids is 5. The summed E-state index contributed by atoms with van der Waals surface area (Å²) in [4.78, 5) is 67.8. The minimum Gasteiger partial charge on any atom is -0.507 e. The molecule has 0 heterocycles. The molecule has 0 aromatic heterocycles. The summed E-state index contributed by atoms with van der Waals surface area (Å²) in [6.45, 7) is 11.5. The first-order chi connectivity index (χ1) is 32.3. The molecule has 0 amide bonds. The Morgan fingerprint density at radius 1 is 0.448 bits per heavy atom. The van der Waals surface area contributed by atoms with Crippen molar-refractivity contribution < 1.29 is 48.8 Å². The molecule has 4 aromatic rings. The third-order valence-electron chi connectivity index (χ3n) is 12.6. The van der Waals surface area contributed by atoms with Crippen molar-refractivity contribution in [1.29, 1.82) is 0 Å². The molecule has 0 spiro atoms. The zero-order valence-corrected chi connectivity index (χ0v) is 40.2. The average molecular weight is 915 g/mol. The van der Waals surface area contributed by atoms with Crippen molar-refractivity contribution in [3.8, 4) is 23.0 Å². The van der Waals surface area contributed by atoms with Crippen LogP contribution in [0.4, 0.5) is 0 Å². The molecule has 0 radical (unpaired) electrons. The van der Waals surface area contributed by atoms with E-state index in [-0.39, 0.29) is 79.3 Å². The molecule has 8 bridgehead atoms. The first-order valence-electron chi connectivity index (χ1n) is 24.6. The van der Waals surface area contributed by atoms with Gasteiger partial charge in [0.25, 0.3) is 0 Å². The molecule has 0 aliphatic heterocycles. The maximum absolute atomic E-state index is 14.1. The predicted molar refractivity (Wildman–Crippen MR) is 263 cm³/mol. The number of carbonyl (C=O) groups is 5. The van der Waals surface area contributed by atoms with Gasteiger partial charge in [-0.05, 0) is 119 Å². The number of rotatable bonds is 25. The van der Waals surface area contributed by atoms with Gasteiger partial charge in [-0.2, -0.15) is 0 Å². The number of hydrogen-bond acceptors (Lipinski definition) is 10. The van der Waals surface area contributed by atoms with Crippen LogP contribution in [-0.2, 0) is 35.2 Å². The van der Waals surface area contributed by atoms with Crippen molar-refractivity contribution in [2.24, 2.45) is 0 Å². The summed E-state index contributed by atoms with van der Waals surface area (Å²) in [6, 6.07) is 13.4. The van der Waals surface area contributed by atoms with Crippen molar-refractivity contribution in [3.05, 3.63) is 128 Å². The summed E-state index contributed by atoms with van der Waals surface area (Å²) in [7, 11) is 0. The summed E-state index contributed by atoms with van der Waals surface area (Å²) in [6.07, 6.45) is 12.1. The lowest BCUT2D eigenvalue weighted by atomic mass is 9.86. The molecule has 1 aliphatic rings. The van der Waals surface area contributed by atoms with Gasteiger partial charge in [-0.1, -0.05) is 85.6 Å². The molecule has 10 heteroatoms. The number of ether oxygens (including phenoxy) is 2. The summed E-state index contributed by atoms with van der Waals surface area (Å²) >= 11 is 0. The topological polar surface area (TPSA) is 164 Å². The Hall–Kier alpha value is -6.03. The van der Waals surface area contributed by atoms with E-state index in [1.165, 1.54) is 0 Å². The fourth-order valence-electron chi connectivity index (χ4n) is 8.82. The largest absolute Gasteiger partial charge is 0.507 e. The van der Waals surface area contributed by atoms with Gasteiger partial charge in [-0.15, -0.1) is 0 Å². The molecular weight excluding hydrogens is 845 g/mol. The number of esters is 1. The number of fused-ring (bicyclic) bond motifs is 8. The SMILES string of the molecule is C=CC(=O)OCCOc1c2cc(C(=O)CCCCC)cc1Cc1cc(C(=O)CCCCC)cc(c1O)Cc1cc(C(=O)CCCCC)cc(c1O)Cc1cc(C(=O)CCCCC)cc(c1O)C2. The highest BCUT2D eigenvalue weighted by molar-refractivity contribution is 5.99. The second kappa shape index (κ2) is 25.8. The van der Waals surface area contributed by atoms with Crippen molar-refractivity contribution >= 4 is 29.1 Å². The summed E-state index contributed by atoms with van der Waals surface area (Å²) in [5.41, 5.74) is 4.74. The Morgan fingerprint density at radius 2 is 0.716 bits per heavy atom. The molecule has 3 N–H and O–H groups in total. The van der Waals surface area contributed by atoms with E-state index >= 15 is 0 Å². The number of phenolic OH excluding ortho intramolecular Hbond substituents is 3. The van der Waals surface area contributed by atoms with E-state index in [1.807, 2.05) is 0 Å². The number of aromatic hydroxyl groups is 3. The summed E-state index contributed by atoms with van der Waals surface area (Å²) in [5, 5.41) is 36.7. The summed E-state index contributed by atoms with van der Waals surface area (Å²) in [5.74, 6) is -1.05. The van der Waals surface area contributed by atoms with Gasteiger partial charge in [0.2, 0.25) is 0 Å². The lowest BCUT2D eigenvalue weighted by molar-refractivity contribution is -0.138. The second-order valence-corrected chi connectivity index (χ2v) is 18.0. The van der Waals surface area contributed by atoms with Gasteiger partial charge in [0.15, 0.2) is 23.1 Å². The van der Waals surface area contributed by atoms with Crippen LogP contribution in [0.25, 0.3) is 0 Å². The Balaban J connectivity index is 1.83. The molecule has 0 atom stereocenters. The minimum absolute atomic E-state index is 0.000144. The van der Waals surface area contributed by atoms with E-state index in [4.69, 9.17) is 9.47 Å². The molecule has 0 saturated heterocycles. The fraction of sp³-hybridized carbons (Fsp3) is 0.456. The maximum atomic E-state index is 14.1. The van der Waals surface area contributed by atoms with Gasteiger partial charge in [0, 0.05) is 79.7 Å². The zero-order chi connectivity index (χ0) is 48.5. The smallest absolute Gasteiger partial charge is 0.330 e. The third kappa shape index (κ3) is 14.2. The van der Waals surface area contributed by atoms with Gasteiger partial charge in [0.1, 0.15) is 36.2 Å². The molecule has 0 unspecified atom stereocenters. The zero-order valence-electron chi connectivity index (χ0n) is 40.2. The van der Waals surface area contributed by atoms with E-state index < -0.39 is 5.97 Å². The number of unbranched alkanes of at least 4 members (excludes halogenated alkanes) is 8. The van der Waals surface area contributed by atoms with Crippen LogP contribution in [0.5, 0.6) is 23.0 Å². The Kier molecular flexibility index (Phi) is 20.0. The number of phenols is 3. The van der Waals surface area contributed by atoms with Crippen LogP contribution in [0, 0.1) is 0 Å². The van der Waals surface area contributed by atoms with Gasteiger partial charge < -0.3 is 24.8 Å². The van der Waals surface area contributed by atoms with E-state index in [0.29, 0.717) is 124 Å². The van der Waals surface area contributed by atoms with Crippen LogP contribution in [0.3, 0.4) is 0 Å². The monoisotopic (exact) mass is 914 g/mol. The first-order valence-corrected chi connectivity index (χ1v) is 24.6. The number of benzene rings is 4. The maximum Gasteiger partial charge on any atom is 0.330 e. The standard InChI is InChI=1S/C57H70O10/c1-6-11-15-19-49(58)37-25-41-33-43-27-38(50(59)20-16-12-7-2)29-45(55(43)64)35-47-31-40(52(61)22-18-14-9-4)32-48(57(47)67-24-23-66-53(62)10-5)36-46-30-39(51(60)21-17-13-8-3)28-44(56(46)65)34-42(26-37)54(41)63/h10,25-32,63-65H,5-9,11-24,33-36H2,1-4H3. The number of ketones is 4. The molecule has 1 aliphatic carbocycles. The number of Topliss-reactive ketones (excluding diaryl/α,β-unsaturated/α-hetero) is 4. The molecule has 0 saturated carbocycles. The van der Waals surface area contributed by atoms with E-state index in [0.717, 1.165) is 57.4 Å². The highest BCUT2D eigenvalue weighted by Crippen LogP contribution is 2.40. The van der Waals surface area contributed by atoms with E-state index in [2.05, 4.69) is 34.3 Å². The van der Waals surface area contributed by atoms with Crippen molar-refractivity contribution in [3.63, 3.8) is 0 Å². The average Bonchev–Trinajstić information content (AvgIpc) is 3.31. The van der Waals surface area contributed by atoms with Crippen LogP contribution in [0.15, 0.2) is 61.2 Å². The normalized spacial score (nSPS) is 12.1. The molecule has 0 fully saturated rings. The van der Waals surface area contributed by atoms with Gasteiger partial charge in [-0.25, -0.2) is 4.79 Å². The third-order valence-corrected chi connectivity index (χ3v) is 12.6. The van der Waals surface area contributed by atoms with E-state index in [1.54, 1.807) is 48.5 Å². The van der Waals surface area contributed by atoms with Crippen molar-refractivity contribution in [1.82, 2.24) is 0 Å². The van der Waals surface area contributed by atoms with Crippen LogP contribution in [-0.4, -0.2) is 57.6 Å². The lowest BCUT2D eigenvalue weighted by Crippen LogP contribution is -2.14. The first kappa shape index (κ1) is 51.9. The Morgan fingerprint density at radius 3 is 0.985 bits per heavy atom. The second-order valence-electron chi connectivity index (χ2n) is 18.0. The quantitative estimate of drug-likeness (QED) is 0.0222. The molecule has 10 nitrogen and oxygen atoms in total. The highest BCUT2D eigenvalue weighted by atomic mass is 16.6.